The molecule has 1 amide bonds. The second kappa shape index (κ2) is 6.73. The SMILES string of the molecule is C=CCN1CCCN(C(=O)c2cc(C)nc3c2c(C)nn3C)CC1. The molecule has 0 radical (unpaired) electrons. The average molecular weight is 327 g/mol. The number of aryl methyl sites for hydroxylation is 3. The predicted octanol–water partition coefficient (Wildman–Crippen LogP) is 1.92. The van der Waals surface area contributed by atoms with Crippen molar-refractivity contribution in [3.8, 4) is 0 Å². The van der Waals surface area contributed by atoms with Crippen molar-refractivity contribution in [2.45, 2.75) is 20.3 Å². The molecule has 0 spiro atoms. The number of nitrogens with zero attached hydrogens (tertiary/aromatic N) is 5. The van der Waals surface area contributed by atoms with Crippen molar-refractivity contribution in [2.24, 2.45) is 7.05 Å². The maximum Gasteiger partial charge on any atom is 0.254 e. The number of carbonyl (C=O) groups excluding carboxylic acids is 1. The molecule has 6 nitrogen and oxygen atoms in total. The first-order valence-electron chi connectivity index (χ1n) is 8.44. The van der Waals surface area contributed by atoms with Crippen molar-refractivity contribution in [1.29, 1.82) is 0 Å². The van der Waals surface area contributed by atoms with Crippen LogP contribution in [0.25, 0.3) is 11.0 Å². The van der Waals surface area contributed by atoms with Crippen molar-refractivity contribution in [3.63, 3.8) is 0 Å². The van der Waals surface area contributed by atoms with E-state index in [1.165, 1.54) is 0 Å². The van der Waals surface area contributed by atoms with Gasteiger partial charge in [-0.05, 0) is 26.3 Å². The zero-order chi connectivity index (χ0) is 17.3. The Morgan fingerprint density at radius 3 is 2.83 bits per heavy atom. The topological polar surface area (TPSA) is 54.3 Å². The van der Waals surface area contributed by atoms with Gasteiger partial charge in [0, 0.05) is 45.5 Å². The van der Waals surface area contributed by atoms with Crippen molar-refractivity contribution in [2.75, 3.05) is 32.7 Å². The van der Waals surface area contributed by atoms with Crippen LogP contribution in [0.15, 0.2) is 18.7 Å². The summed E-state index contributed by atoms with van der Waals surface area (Å²) in [5.41, 5.74) is 3.20. The molecule has 0 aliphatic carbocycles. The minimum absolute atomic E-state index is 0.0852. The summed E-state index contributed by atoms with van der Waals surface area (Å²) in [6, 6.07) is 1.89. The number of aromatic nitrogens is 3. The second-order valence-electron chi connectivity index (χ2n) is 6.45. The summed E-state index contributed by atoms with van der Waals surface area (Å²) in [6.45, 7) is 12.0. The summed E-state index contributed by atoms with van der Waals surface area (Å²) in [6.07, 6.45) is 2.91. The minimum atomic E-state index is 0.0852. The summed E-state index contributed by atoms with van der Waals surface area (Å²) in [7, 11) is 1.87. The van der Waals surface area contributed by atoms with E-state index in [4.69, 9.17) is 0 Å². The highest BCUT2D eigenvalue weighted by Gasteiger charge is 2.24. The molecule has 1 aliphatic heterocycles. The second-order valence-corrected chi connectivity index (χ2v) is 6.45. The molecule has 0 atom stereocenters. The number of pyridine rings is 1. The highest BCUT2D eigenvalue weighted by atomic mass is 16.2. The van der Waals surface area contributed by atoms with E-state index in [0.717, 1.165) is 67.1 Å². The van der Waals surface area contributed by atoms with Crippen molar-refractivity contribution in [1.82, 2.24) is 24.6 Å². The Labute approximate surface area is 142 Å². The Kier molecular flexibility index (Phi) is 4.66. The van der Waals surface area contributed by atoms with Crippen molar-refractivity contribution >= 4 is 16.9 Å². The molecule has 0 saturated carbocycles. The Bertz CT molecular complexity index is 779. The molecule has 2 aromatic heterocycles. The lowest BCUT2D eigenvalue weighted by Crippen LogP contribution is -2.35. The van der Waals surface area contributed by atoms with Crippen molar-refractivity contribution < 1.29 is 4.79 Å². The molecule has 6 heteroatoms. The van der Waals surface area contributed by atoms with Gasteiger partial charge < -0.3 is 4.90 Å². The highest BCUT2D eigenvalue weighted by molar-refractivity contribution is 6.06. The van der Waals surface area contributed by atoms with Crippen LogP contribution in [0.3, 0.4) is 0 Å². The number of rotatable bonds is 3. The van der Waals surface area contributed by atoms with E-state index in [9.17, 15) is 4.79 Å². The average Bonchev–Trinajstić information content (AvgIpc) is 2.73. The van der Waals surface area contributed by atoms with Crippen LogP contribution in [-0.4, -0.2) is 63.2 Å². The van der Waals surface area contributed by atoms with Crippen LogP contribution in [0.4, 0.5) is 0 Å². The van der Waals surface area contributed by atoms with Gasteiger partial charge in [-0.3, -0.25) is 14.4 Å². The lowest BCUT2D eigenvalue weighted by molar-refractivity contribution is 0.0764. The van der Waals surface area contributed by atoms with Crippen LogP contribution in [-0.2, 0) is 7.05 Å². The highest BCUT2D eigenvalue weighted by Crippen LogP contribution is 2.23. The van der Waals surface area contributed by atoms with Gasteiger partial charge in [0.2, 0.25) is 0 Å². The zero-order valence-corrected chi connectivity index (χ0v) is 14.7. The lowest BCUT2D eigenvalue weighted by Gasteiger charge is -2.22. The van der Waals surface area contributed by atoms with Gasteiger partial charge in [-0.25, -0.2) is 4.98 Å². The monoisotopic (exact) mass is 327 g/mol. The van der Waals surface area contributed by atoms with Crippen LogP contribution in [0.1, 0.15) is 28.2 Å². The van der Waals surface area contributed by atoms with Crippen LogP contribution in [0.5, 0.6) is 0 Å². The van der Waals surface area contributed by atoms with Crippen LogP contribution in [0.2, 0.25) is 0 Å². The van der Waals surface area contributed by atoms with Gasteiger partial charge in [-0.15, -0.1) is 6.58 Å². The number of amides is 1. The van der Waals surface area contributed by atoms with E-state index in [1.807, 2.05) is 37.9 Å². The third-order valence-electron chi connectivity index (χ3n) is 4.59. The fourth-order valence-electron chi connectivity index (χ4n) is 3.45. The van der Waals surface area contributed by atoms with Gasteiger partial charge in [0.25, 0.3) is 5.91 Å². The molecule has 1 aliphatic rings. The normalized spacial score (nSPS) is 16.4. The largest absolute Gasteiger partial charge is 0.337 e. The Hall–Kier alpha value is -2.21. The Balaban J connectivity index is 1.92. The molecule has 3 heterocycles. The smallest absolute Gasteiger partial charge is 0.254 e. The van der Waals surface area contributed by atoms with Gasteiger partial charge in [0.1, 0.15) is 0 Å². The zero-order valence-electron chi connectivity index (χ0n) is 14.7. The number of carbonyl (C=O) groups is 1. The van der Waals surface area contributed by atoms with Gasteiger partial charge in [0.05, 0.1) is 16.6 Å². The molecule has 128 valence electrons. The van der Waals surface area contributed by atoms with Gasteiger partial charge in [-0.2, -0.15) is 5.10 Å². The Morgan fingerprint density at radius 1 is 1.29 bits per heavy atom. The summed E-state index contributed by atoms with van der Waals surface area (Å²) in [5, 5.41) is 5.31. The van der Waals surface area contributed by atoms with Gasteiger partial charge in [-0.1, -0.05) is 6.08 Å². The maximum atomic E-state index is 13.2. The molecular weight excluding hydrogens is 302 g/mol. The molecule has 0 N–H and O–H groups in total. The molecule has 24 heavy (non-hydrogen) atoms. The Morgan fingerprint density at radius 2 is 2.08 bits per heavy atom. The fourth-order valence-corrected chi connectivity index (χ4v) is 3.45. The number of hydrogen-bond acceptors (Lipinski definition) is 4. The summed E-state index contributed by atoms with van der Waals surface area (Å²) in [4.78, 5) is 22.0. The fraction of sp³-hybridized carbons (Fsp3) is 0.500. The van der Waals surface area contributed by atoms with Gasteiger partial charge in [0.15, 0.2) is 5.65 Å². The molecular formula is C18H25N5O. The molecule has 0 unspecified atom stereocenters. The summed E-state index contributed by atoms with van der Waals surface area (Å²) >= 11 is 0. The third-order valence-corrected chi connectivity index (χ3v) is 4.59. The molecule has 2 aromatic rings. The molecule has 3 rings (SSSR count). The molecule has 1 fully saturated rings. The van der Waals surface area contributed by atoms with E-state index in [1.54, 1.807) is 4.68 Å². The van der Waals surface area contributed by atoms with E-state index >= 15 is 0 Å². The van der Waals surface area contributed by atoms with E-state index in [-0.39, 0.29) is 5.91 Å². The molecule has 0 aromatic carbocycles. The summed E-state index contributed by atoms with van der Waals surface area (Å²) < 4.78 is 1.75. The van der Waals surface area contributed by atoms with Gasteiger partial charge >= 0.3 is 0 Å². The maximum absolute atomic E-state index is 13.2. The first kappa shape index (κ1) is 16.6. The van der Waals surface area contributed by atoms with Crippen LogP contribution < -0.4 is 0 Å². The summed E-state index contributed by atoms with van der Waals surface area (Å²) in [5.74, 6) is 0.0852. The standard InChI is InChI=1S/C18H25N5O/c1-5-7-22-8-6-9-23(11-10-22)18(24)15-12-13(2)19-17-16(15)14(3)20-21(17)4/h5,12H,1,6-11H2,2-4H3. The molecule has 1 saturated heterocycles. The number of fused-ring (bicyclic) bond motifs is 1. The van der Waals surface area contributed by atoms with E-state index in [2.05, 4.69) is 21.6 Å². The van der Waals surface area contributed by atoms with E-state index < -0.39 is 0 Å². The van der Waals surface area contributed by atoms with Crippen LogP contribution >= 0.6 is 0 Å². The quantitative estimate of drug-likeness (QED) is 0.808. The minimum Gasteiger partial charge on any atom is -0.337 e. The van der Waals surface area contributed by atoms with E-state index in [0.29, 0.717) is 0 Å². The number of hydrogen-bond donors (Lipinski definition) is 0. The van der Waals surface area contributed by atoms with Crippen molar-refractivity contribution in [3.05, 3.63) is 35.7 Å². The first-order valence-corrected chi connectivity index (χ1v) is 8.44. The lowest BCUT2D eigenvalue weighted by atomic mass is 10.1. The van der Waals surface area contributed by atoms with Crippen LogP contribution in [0, 0.1) is 13.8 Å². The third kappa shape index (κ3) is 3.06. The first-order chi connectivity index (χ1) is 11.5. The predicted molar refractivity (Wildman–Crippen MR) is 95.1 cm³/mol. The molecule has 0 bridgehead atoms.